The number of aliphatic hydroxyl groups excluding tert-OH is 2. The molecule has 0 aliphatic heterocycles. The van der Waals surface area contributed by atoms with E-state index in [9.17, 15) is 5.11 Å². The largest absolute Gasteiger partial charge is 0.396 e. The fourth-order valence-electron chi connectivity index (χ4n) is 2.16. The minimum Gasteiger partial charge on any atom is -0.396 e. The lowest BCUT2D eigenvalue weighted by Crippen LogP contribution is -2.08. The van der Waals surface area contributed by atoms with Gasteiger partial charge >= 0.3 is 0 Å². The lowest BCUT2D eigenvalue weighted by Gasteiger charge is -2.08. The van der Waals surface area contributed by atoms with E-state index in [4.69, 9.17) is 5.11 Å². The topological polar surface area (TPSA) is 40.5 Å². The summed E-state index contributed by atoms with van der Waals surface area (Å²) in [5, 5.41) is 18.1. The molecule has 0 aromatic heterocycles. The molecule has 0 heterocycles. The highest BCUT2D eigenvalue weighted by molar-refractivity contribution is 4.55. The van der Waals surface area contributed by atoms with Crippen molar-refractivity contribution in [2.75, 3.05) is 6.61 Å². The van der Waals surface area contributed by atoms with E-state index >= 15 is 0 Å². The number of aliphatic hydroxyl groups is 2. The Balaban J connectivity index is 2.98. The second-order valence-electron chi connectivity index (χ2n) is 5.14. The van der Waals surface area contributed by atoms with E-state index in [1.54, 1.807) is 0 Å². The Morgan fingerprint density at radius 3 is 1.65 bits per heavy atom. The van der Waals surface area contributed by atoms with E-state index in [0.29, 0.717) is 6.42 Å². The molecular weight excluding hydrogens is 212 g/mol. The van der Waals surface area contributed by atoms with Crippen LogP contribution in [0.5, 0.6) is 0 Å². The monoisotopic (exact) mass is 244 g/mol. The maximum absolute atomic E-state index is 9.41. The predicted octanol–water partition coefficient (Wildman–Crippen LogP) is 4.04. The summed E-state index contributed by atoms with van der Waals surface area (Å²) < 4.78 is 0. The van der Waals surface area contributed by atoms with Crippen LogP contribution in [0.2, 0.25) is 0 Å². The highest BCUT2D eigenvalue weighted by atomic mass is 16.3. The Hall–Kier alpha value is -0.0800. The number of rotatable bonds is 13. The molecule has 0 spiro atoms. The number of unbranched alkanes of at least 4 members (excludes halogenated alkanes) is 9. The van der Waals surface area contributed by atoms with Gasteiger partial charge in [0.2, 0.25) is 0 Å². The van der Waals surface area contributed by atoms with Crippen LogP contribution in [0.4, 0.5) is 0 Å². The molecule has 0 bridgehead atoms. The predicted molar refractivity (Wildman–Crippen MR) is 74.2 cm³/mol. The first-order valence-electron chi connectivity index (χ1n) is 7.60. The Kier molecular flexibility index (Phi) is 13.9. The van der Waals surface area contributed by atoms with Gasteiger partial charge in [0.15, 0.2) is 0 Å². The summed E-state index contributed by atoms with van der Waals surface area (Å²) in [7, 11) is 0. The first-order chi connectivity index (χ1) is 8.31. The van der Waals surface area contributed by atoms with Crippen LogP contribution in [0, 0.1) is 0 Å². The van der Waals surface area contributed by atoms with Crippen LogP contribution in [-0.2, 0) is 0 Å². The smallest absolute Gasteiger partial charge is 0.0562 e. The van der Waals surface area contributed by atoms with Gasteiger partial charge in [-0.2, -0.15) is 0 Å². The van der Waals surface area contributed by atoms with E-state index < -0.39 is 0 Å². The summed E-state index contributed by atoms with van der Waals surface area (Å²) in [6, 6.07) is 0. The maximum atomic E-state index is 9.41. The van der Waals surface area contributed by atoms with Crippen molar-refractivity contribution in [3.05, 3.63) is 0 Å². The van der Waals surface area contributed by atoms with Crippen molar-refractivity contribution < 1.29 is 10.2 Å². The molecule has 0 aromatic carbocycles. The zero-order valence-electron chi connectivity index (χ0n) is 11.7. The summed E-state index contributed by atoms with van der Waals surface area (Å²) >= 11 is 0. The van der Waals surface area contributed by atoms with Gasteiger partial charge in [0, 0.05) is 6.61 Å². The van der Waals surface area contributed by atoms with Gasteiger partial charge < -0.3 is 10.2 Å². The molecule has 0 aliphatic rings. The van der Waals surface area contributed by atoms with E-state index in [1.165, 1.54) is 57.8 Å². The van der Waals surface area contributed by atoms with Crippen molar-refractivity contribution in [2.24, 2.45) is 0 Å². The van der Waals surface area contributed by atoms with Crippen LogP contribution >= 0.6 is 0 Å². The van der Waals surface area contributed by atoms with Crippen LogP contribution in [0.3, 0.4) is 0 Å². The molecule has 2 heteroatoms. The van der Waals surface area contributed by atoms with Crippen LogP contribution < -0.4 is 0 Å². The fourth-order valence-corrected chi connectivity index (χ4v) is 2.16. The molecule has 0 rings (SSSR count). The van der Waals surface area contributed by atoms with Crippen molar-refractivity contribution in [1.29, 1.82) is 0 Å². The molecule has 104 valence electrons. The van der Waals surface area contributed by atoms with E-state index in [2.05, 4.69) is 6.92 Å². The van der Waals surface area contributed by atoms with Gasteiger partial charge in [-0.15, -0.1) is 0 Å². The molecule has 1 unspecified atom stereocenters. The maximum Gasteiger partial charge on any atom is 0.0562 e. The van der Waals surface area contributed by atoms with Crippen LogP contribution in [0.15, 0.2) is 0 Å². The second kappa shape index (κ2) is 14.0. The molecule has 0 aromatic rings. The highest BCUT2D eigenvalue weighted by Crippen LogP contribution is 2.12. The van der Waals surface area contributed by atoms with Gasteiger partial charge in [-0.05, 0) is 12.8 Å². The van der Waals surface area contributed by atoms with Crippen LogP contribution in [0.1, 0.15) is 84.0 Å². The van der Waals surface area contributed by atoms with E-state index in [0.717, 1.165) is 12.8 Å². The molecule has 0 fully saturated rings. The van der Waals surface area contributed by atoms with Crippen molar-refractivity contribution in [1.82, 2.24) is 0 Å². The first-order valence-corrected chi connectivity index (χ1v) is 7.60. The van der Waals surface area contributed by atoms with Crippen molar-refractivity contribution >= 4 is 0 Å². The van der Waals surface area contributed by atoms with Crippen molar-refractivity contribution in [3.8, 4) is 0 Å². The SMILES string of the molecule is CCCCCCCCCCCCC(O)CCO. The summed E-state index contributed by atoms with van der Waals surface area (Å²) in [4.78, 5) is 0. The van der Waals surface area contributed by atoms with Crippen molar-refractivity contribution in [2.45, 2.75) is 90.1 Å². The summed E-state index contributed by atoms with van der Waals surface area (Å²) in [6.07, 6.45) is 14.4. The molecule has 0 aliphatic carbocycles. The Morgan fingerprint density at radius 2 is 1.18 bits per heavy atom. The highest BCUT2D eigenvalue weighted by Gasteiger charge is 2.01. The Bertz CT molecular complexity index is 137. The molecule has 1 atom stereocenters. The van der Waals surface area contributed by atoms with E-state index in [-0.39, 0.29) is 12.7 Å². The molecule has 0 radical (unpaired) electrons. The third-order valence-electron chi connectivity index (χ3n) is 3.35. The van der Waals surface area contributed by atoms with Gasteiger partial charge in [-0.1, -0.05) is 71.1 Å². The van der Waals surface area contributed by atoms with Gasteiger partial charge in [0.1, 0.15) is 0 Å². The Labute approximate surface area is 107 Å². The average molecular weight is 244 g/mol. The van der Waals surface area contributed by atoms with Crippen LogP contribution in [0.25, 0.3) is 0 Å². The van der Waals surface area contributed by atoms with Gasteiger partial charge in [0.25, 0.3) is 0 Å². The first kappa shape index (κ1) is 16.9. The second-order valence-corrected chi connectivity index (χ2v) is 5.14. The number of hydrogen-bond donors (Lipinski definition) is 2. The molecule has 2 nitrogen and oxygen atoms in total. The van der Waals surface area contributed by atoms with Gasteiger partial charge in [-0.25, -0.2) is 0 Å². The van der Waals surface area contributed by atoms with Crippen molar-refractivity contribution in [3.63, 3.8) is 0 Å². The van der Waals surface area contributed by atoms with E-state index in [1.807, 2.05) is 0 Å². The summed E-state index contributed by atoms with van der Waals surface area (Å²) in [5.41, 5.74) is 0. The standard InChI is InChI=1S/C15H32O2/c1-2-3-4-5-6-7-8-9-10-11-12-15(17)13-14-16/h15-17H,2-14H2,1H3. The number of hydrogen-bond acceptors (Lipinski definition) is 2. The molecule has 0 saturated carbocycles. The molecule has 17 heavy (non-hydrogen) atoms. The normalized spacial score (nSPS) is 12.9. The average Bonchev–Trinajstić information content (AvgIpc) is 2.32. The molecule has 0 saturated heterocycles. The lowest BCUT2D eigenvalue weighted by atomic mass is 10.0. The van der Waals surface area contributed by atoms with Gasteiger partial charge in [-0.3, -0.25) is 0 Å². The third kappa shape index (κ3) is 13.9. The minimum absolute atomic E-state index is 0.110. The van der Waals surface area contributed by atoms with Crippen LogP contribution in [-0.4, -0.2) is 22.9 Å². The zero-order valence-corrected chi connectivity index (χ0v) is 11.7. The molecular formula is C15H32O2. The van der Waals surface area contributed by atoms with Gasteiger partial charge in [0.05, 0.1) is 6.10 Å². The Morgan fingerprint density at radius 1 is 0.706 bits per heavy atom. The molecule has 2 N–H and O–H groups in total. The summed E-state index contributed by atoms with van der Waals surface area (Å²) in [6.45, 7) is 2.37. The third-order valence-corrected chi connectivity index (χ3v) is 3.35. The lowest BCUT2D eigenvalue weighted by molar-refractivity contribution is 0.122. The quantitative estimate of drug-likeness (QED) is 0.480. The summed E-state index contributed by atoms with van der Waals surface area (Å²) in [5.74, 6) is 0. The zero-order chi connectivity index (χ0) is 12.8. The molecule has 0 amide bonds. The fraction of sp³-hybridized carbons (Fsp3) is 1.00. The minimum atomic E-state index is -0.283.